The molecule has 2 N–H and O–H groups in total. The highest BCUT2D eigenvalue weighted by molar-refractivity contribution is 6.07. The second kappa shape index (κ2) is 12.1. The Hall–Kier alpha value is -3.60. The molecule has 1 heterocycles. The number of para-hydroxylation sites is 1. The van der Waals surface area contributed by atoms with Crippen LogP contribution in [0.5, 0.6) is 5.75 Å². The number of anilines is 1. The van der Waals surface area contributed by atoms with Crippen LogP contribution in [-0.2, 0) is 9.59 Å². The molecule has 0 spiro atoms. The zero-order chi connectivity index (χ0) is 28.2. The lowest BCUT2D eigenvalue weighted by Crippen LogP contribution is -2.51. The molecule has 2 aromatic carbocycles. The number of amides is 1. The van der Waals surface area contributed by atoms with E-state index in [-0.39, 0.29) is 42.3 Å². The van der Waals surface area contributed by atoms with Crippen LogP contribution in [0.2, 0.25) is 0 Å². The smallest absolute Gasteiger partial charge is 0.481 e. The fourth-order valence-corrected chi connectivity index (χ4v) is 5.95. The summed E-state index contributed by atoms with van der Waals surface area (Å²) in [6.07, 6.45) is -1.56. The Kier molecular flexibility index (Phi) is 8.79. The zero-order valence-electron chi connectivity index (χ0n) is 21.3. The number of carboxylic acids is 2. The van der Waals surface area contributed by atoms with Crippen LogP contribution >= 0.6 is 0 Å². The Morgan fingerprint density at radius 3 is 2.13 bits per heavy atom. The summed E-state index contributed by atoms with van der Waals surface area (Å²) in [5.41, 5.74) is 1.84. The van der Waals surface area contributed by atoms with Gasteiger partial charge in [-0.25, -0.2) is 0 Å². The minimum atomic E-state index is -4.83. The van der Waals surface area contributed by atoms with Gasteiger partial charge in [0.25, 0.3) is 5.91 Å². The van der Waals surface area contributed by atoms with Crippen LogP contribution in [0, 0.1) is 5.92 Å². The molecule has 8 nitrogen and oxygen atoms in total. The molecule has 0 aromatic heterocycles. The molecule has 3 atom stereocenters. The number of carboxylic acid groups (broad SMARTS) is 2. The van der Waals surface area contributed by atoms with Crippen molar-refractivity contribution < 1.29 is 42.5 Å². The Balaban J connectivity index is 1.66. The molecule has 0 radical (unpaired) electrons. The van der Waals surface area contributed by atoms with E-state index in [1.807, 2.05) is 24.3 Å². The normalized spacial score (nSPS) is 20.4. The van der Waals surface area contributed by atoms with E-state index in [0.717, 1.165) is 37.0 Å². The summed E-state index contributed by atoms with van der Waals surface area (Å²) in [7, 11) is 0. The summed E-state index contributed by atoms with van der Waals surface area (Å²) in [5.74, 6) is -2.49. The number of fused-ring (bicyclic) bond motifs is 2. The second-order valence-corrected chi connectivity index (χ2v) is 9.94. The maximum atomic E-state index is 13.8. The maximum absolute atomic E-state index is 13.8. The van der Waals surface area contributed by atoms with Gasteiger partial charge in [0.1, 0.15) is 5.75 Å². The van der Waals surface area contributed by atoms with Crippen LogP contribution in [0.25, 0.3) is 0 Å². The van der Waals surface area contributed by atoms with Crippen molar-refractivity contribution in [3.8, 4) is 5.75 Å². The molecule has 2 aromatic rings. The summed E-state index contributed by atoms with van der Waals surface area (Å²) in [4.78, 5) is 40.1. The predicted octanol–water partition coefficient (Wildman–Crippen LogP) is 5.49. The highest BCUT2D eigenvalue weighted by atomic mass is 19.4. The van der Waals surface area contributed by atoms with Crippen molar-refractivity contribution in [1.82, 2.24) is 4.90 Å². The monoisotopic (exact) mass is 548 g/mol. The van der Waals surface area contributed by atoms with Gasteiger partial charge in [0.15, 0.2) is 0 Å². The number of hydrogen-bond donors (Lipinski definition) is 2. The number of benzene rings is 2. The highest BCUT2D eigenvalue weighted by Gasteiger charge is 2.47. The molecule has 1 amide bonds. The number of carbonyl (C=O) groups excluding carboxylic acids is 1. The highest BCUT2D eigenvalue weighted by Crippen LogP contribution is 2.50. The van der Waals surface area contributed by atoms with Crippen molar-refractivity contribution in [3.63, 3.8) is 0 Å². The molecule has 210 valence electrons. The van der Waals surface area contributed by atoms with Gasteiger partial charge in [-0.1, -0.05) is 24.6 Å². The Bertz CT molecular complexity index is 1170. The first-order valence-corrected chi connectivity index (χ1v) is 13.0. The molecule has 1 aliphatic heterocycles. The zero-order valence-corrected chi connectivity index (χ0v) is 21.3. The van der Waals surface area contributed by atoms with Crippen LogP contribution in [0.3, 0.4) is 0 Å². The fourth-order valence-electron chi connectivity index (χ4n) is 5.95. The predicted molar refractivity (Wildman–Crippen MR) is 136 cm³/mol. The van der Waals surface area contributed by atoms with Gasteiger partial charge in [0.2, 0.25) is 0 Å². The molecule has 1 aliphatic carbocycles. The van der Waals surface area contributed by atoms with E-state index < -0.39 is 24.1 Å². The molecule has 0 unspecified atom stereocenters. The van der Waals surface area contributed by atoms with E-state index >= 15 is 0 Å². The van der Waals surface area contributed by atoms with Crippen molar-refractivity contribution in [2.24, 2.45) is 5.92 Å². The van der Waals surface area contributed by atoms with Gasteiger partial charge in [0, 0.05) is 36.2 Å². The minimum absolute atomic E-state index is 0.00342. The van der Waals surface area contributed by atoms with E-state index in [4.69, 9.17) is 10.2 Å². The van der Waals surface area contributed by atoms with E-state index in [1.54, 1.807) is 4.90 Å². The second-order valence-electron chi connectivity index (χ2n) is 9.94. The SMILES string of the molecule is O=C(O)CCCN(CCCC(=O)O)[C@H]1c2ccccc2N(C(=O)c2ccc(OC(F)(F)F)cc2)[C@@H]2CCC[C@@H]21. The van der Waals surface area contributed by atoms with E-state index in [2.05, 4.69) is 9.64 Å². The summed E-state index contributed by atoms with van der Waals surface area (Å²) < 4.78 is 41.7. The molecule has 0 saturated heterocycles. The average molecular weight is 549 g/mol. The number of alkyl halides is 3. The molecule has 4 rings (SSSR count). The number of aliphatic carboxylic acids is 2. The first-order chi connectivity index (χ1) is 18.5. The first-order valence-electron chi connectivity index (χ1n) is 13.0. The largest absolute Gasteiger partial charge is 0.573 e. The molecule has 1 saturated carbocycles. The van der Waals surface area contributed by atoms with E-state index in [0.29, 0.717) is 31.6 Å². The van der Waals surface area contributed by atoms with E-state index in [1.165, 1.54) is 12.1 Å². The van der Waals surface area contributed by atoms with E-state index in [9.17, 15) is 27.6 Å². The first kappa shape index (κ1) is 28.4. The number of halogens is 3. The molecule has 0 bridgehead atoms. The van der Waals surface area contributed by atoms with Gasteiger partial charge in [-0.2, -0.15) is 0 Å². The van der Waals surface area contributed by atoms with Gasteiger partial charge in [-0.3, -0.25) is 19.3 Å². The van der Waals surface area contributed by atoms with Crippen LogP contribution < -0.4 is 9.64 Å². The Morgan fingerprint density at radius 2 is 1.54 bits per heavy atom. The Labute approximate surface area is 224 Å². The van der Waals surface area contributed by atoms with Crippen molar-refractivity contribution in [1.29, 1.82) is 0 Å². The molecular formula is C28H31F3N2O6. The third kappa shape index (κ3) is 6.89. The lowest BCUT2D eigenvalue weighted by atomic mass is 9.81. The maximum Gasteiger partial charge on any atom is 0.573 e. The van der Waals surface area contributed by atoms with Crippen molar-refractivity contribution in [3.05, 3.63) is 59.7 Å². The van der Waals surface area contributed by atoms with Gasteiger partial charge < -0.3 is 19.8 Å². The van der Waals surface area contributed by atoms with Gasteiger partial charge in [0.05, 0.1) is 0 Å². The van der Waals surface area contributed by atoms with Gasteiger partial charge in [-0.05, 0) is 80.6 Å². The molecule has 11 heteroatoms. The lowest BCUT2D eigenvalue weighted by molar-refractivity contribution is -0.274. The van der Waals surface area contributed by atoms with Crippen molar-refractivity contribution >= 4 is 23.5 Å². The summed E-state index contributed by atoms with van der Waals surface area (Å²) in [6, 6.07) is 12.1. The van der Waals surface area contributed by atoms with Crippen LogP contribution in [0.1, 0.15) is 66.9 Å². The molecule has 39 heavy (non-hydrogen) atoms. The van der Waals surface area contributed by atoms with Crippen molar-refractivity contribution in [2.45, 2.75) is 63.4 Å². The summed E-state index contributed by atoms with van der Waals surface area (Å²) in [5, 5.41) is 18.3. The standard InChI is InChI=1S/C28H31F3N2O6/c29-28(30,31)39-19-14-12-18(13-15-19)27(38)33-22-8-2-1-6-20(22)26(21-7-3-9-23(21)33)32(16-4-10-24(34)35)17-5-11-25(36)37/h1-2,6,8,12-15,21,23,26H,3-5,7,9-11,16-17H2,(H,34,35)(H,36,37)/t21-,23+,26-/m0/s1. The summed E-state index contributed by atoms with van der Waals surface area (Å²) in [6.45, 7) is 0.950. The number of nitrogens with zero attached hydrogens (tertiary/aromatic N) is 2. The van der Waals surface area contributed by atoms with Crippen LogP contribution in [-0.4, -0.2) is 58.5 Å². The molecule has 2 aliphatic rings. The number of rotatable bonds is 11. The topological polar surface area (TPSA) is 107 Å². The summed E-state index contributed by atoms with van der Waals surface area (Å²) >= 11 is 0. The fraction of sp³-hybridized carbons (Fsp3) is 0.464. The van der Waals surface area contributed by atoms with Crippen molar-refractivity contribution in [2.75, 3.05) is 18.0 Å². The lowest BCUT2D eigenvalue weighted by Gasteiger charge is -2.47. The third-order valence-corrected chi connectivity index (χ3v) is 7.40. The average Bonchev–Trinajstić information content (AvgIpc) is 3.34. The number of ether oxygens (including phenoxy) is 1. The molecule has 1 fully saturated rings. The quantitative estimate of drug-likeness (QED) is 0.383. The molecular weight excluding hydrogens is 517 g/mol. The minimum Gasteiger partial charge on any atom is -0.481 e. The number of hydrogen-bond acceptors (Lipinski definition) is 5. The Morgan fingerprint density at radius 1 is 0.923 bits per heavy atom. The van der Waals surface area contributed by atoms with Crippen LogP contribution in [0.15, 0.2) is 48.5 Å². The third-order valence-electron chi connectivity index (χ3n) is 7.40. The van der Waals surface area contributed by atoms with Crippen LogP contribution in [0.4, 0.5) is 18.9 Å². The number of carbonyl (C=O) groups is 3. The van der Waals surface area contributed by atoms with Gasteiger partial charge >= 0.3 is 18.3 Å². The van der Waals surface area contributed by atoms with Gasteiger partial charge in [-0.15, -0.1) is 13.2 Å².